The van der Waals surface area contributed by atoms with Gasteiger partial charge in [-0.1, -0.05) is 30.9 Å². The predicted octanol–water partition coefficient (Wildman–Crippen LogP) is 3.43. The lowest BCUT2D eigenvalue weighted by molar-refractivity contribution is 0.439. The summed E-state index contributed by atoms with van der Waals surface area (Å²) in [6, 6.07) is 4.72. The molecule has 1 N–H and O–H groups in total. The first-order valence-corrected chi connectivity index (χ1v) is 8.29. The van der Waals surface area contributed by atoms with E-state index in [9.17, 15) is 8.42 Å². The van der Waals surface area contributed by atoms with Crippen molar-refractivity contribution >= 4 is 33.1 Å². The van der Waals surface area contributed by atoms with Crippen LogP contribution in [0.5, 0.6) is 0 Å². The van der Waals surface area contributed by atoms with Gasteiger partial charge in [0.15, 0.2) is 0 Å². The molecule has 1 heterocycles. The third-order valence-corrected chi connectivity index (χ3v) is 5.28. The highest BCUT2D eigenvalue weighted by molar-refractivity contribution is 7.90. The molecule has 1 aromatic rings. The topological polar surface area (TPSA) is 58.5 Å². The number of amidine groups is 1. The first-order valence-electron chi connectivity index (χ1n) is 6.48. The van der Waals surface area contributed by atoms with Crippen molar-refractivity contribution in [1.29, 1.82) is 0 Å². The molecule has 1 saturated carbocycles. The van der Waals surface area contributed by atoms with E-state index in [-0.39, 0.29) is 10.8 Å². The lowest BCUT2D eigenvalue weighted by Gasteiger charge is -2.27. The van der Waals surface area contributed by atoms with Crippen molar-refractivity contribution in [1.82, 2.24) is 0 Å². The quantitative estimate of drug-likeness (QED) is 0.864. The van der Waals surface area contributed by atoms with E-state index in [1.165, 1.54) is 12.5 Å². The summed E-state index contributed by atoms with van der Waals surface area (Å²) in [6.07, 6.45) is 5.48. The number of sulfonamides is 1. The number of nitrogens with zero attached hydrogens (tertiary/aromatic N) is 1. The molecule has 4 nitrogen and oxygen atoms in total. The minimum Gasteiger partial charge on any atom is -0.342 e. The lowest BCUT2D eigenvalue weighted by atomic mass is 9.88. The largest absolute Gasteiger partial charge is 0.342 e. The molecule has 6 heteroatoms. The standard InChI is InChI=1S/C13H15ClN2O2S/c14-10-6-7-12-11(8-10)15-13(16-19(12,17)18)9-4-2-1-3-5-9/h6-9H,1-5H2,(H,15,16). The second-order valence-corrected chi connectivity index (χ2v) is 7.06. The van der Waals surface area contributed by atoms with Crippen molar-refractivity contribution < 1.29 is 8.42 Å². The molecule has 0 atom stereocenters. The molecular formula is C13H15ClN2O2S. The van der Waals surface area contributed by atoms with Gasteiger partial charge in [-0.05, 0) is 31.0 Å². The summed E-state index contributed by atoms with van der Waals surface area (Å²) < 4.78 is 28.3. The summed E-state index contributed by atoms with van der Waals surface area (Å²) in [6.45, 7) is 0. The average molecular weight is 299 g/mol. The molecule has 19 heavy (non-hydrogen) atoms. The zero-order valence-electron chi connectivity index (χ0n) is 10.4. The van der Waals surface area contributed by atoms with Crippen LogP contribution in [0.15, 0.2) is 27.5 Å². The fourth-order valence-corrected chi connectivity index (χ4v) is 4.07. The Balaban J connectivity index is 2.00. The maximum absolute atomic E-state index is 12.2. The van der Waals surface area contributed by atoms with Crippen molar-refractivity contribution in [3.05, 3.63) is 23.2 Å². The van der Waals surface area contributed by atoms with Gasteiger partial charge in [-0.25, -0.2) is 0 Å². The van der Waals surface area contributed by atoms with Crippen molar-refractivity contribution in [2.24, 2.45) is 10.3 Å². The Bertz CT molecular complexity index is 634. The summed E-state index contributed by atoms with van der Waals surface area (Å²) in [5.41, 5.74) is 0.545. The minimum absolute atomic E-state index is 0.205. The summed E-state index contributed by atoms with van der Waals surface area (Å²) in [4.78, 5) is 0.205. The van der Waals surface area contributed by atoms with Crippen LogP contribution in [0.25, 0.3) is 0 Å². The molecule has 0 bridgehead atoms. The summed E-state index contributed by atoms with van der Waals surface area (Å²) >= 11 is 5.93. The Kier molecular flexibility index (Phi) is 3.27. The maximum atomic E-state index is 12.2. The Morgan fingerprint density at radius 1 is 1.21 bits per heavy atom. The zero-order chi connectivity index (χ0) is 13.5. The van der Waals surface area contributed by atoms with Crippen LogP contribution >= 0.6 is 11.6 Å². The van der Waals surface area contributed by atoms with Gasteiger partial charge in [-0.3, -0.25) is 0 Å². The molecule has 0 radical (unpaired) electrons. The number of nitrogens with one attached hydrogen (secondary N) is 1. The molecule has 0 saturated heterocycles. The average Bonchev–Trinajstić information content (AvgIpc) is 2.38. The smallest absolute Gasteiger partial charge is 0.286 e. The van der Waals surface area contributed by atoms with E-state index in [4.69, 9.17) is 11.6 Å². The Labute approximate surface area is 117 Å². The number of halogens is 1. The molecule has 102 valence electrons. The Morgan fingerprint density at radius 2 is 1.95 bits per heavy atom. The van der Waals surface area contributed by atoms with E-state index in [0.717, 1.165) is 25.7 Å². The van der Waals surface area contributed by atoms with Crippen LogP contribution in [0.3, 0.4) is 0 Å². The molecule has 0 aromatic heterocycles. The minimum atomic E-state index is -3.59. The van der Waals surface area contributed by atoms with E-state index in [2.05, 4.69) is 9.71 Å². The van der Waals surface area contributed by atoms with E-state index in [0.29, 0.717) is 16.5 Å². The molecule has 2 aliphatic rings. The second kappa shape index (κ2) is 4.80. The fraction of sp³-hybridized carbons (Fsp3) is 0.462. The molecule has 3 rings (SSSR count). The highest BCUT2D eigenvalue weighted by Crippen LogP contribution is 2.33. The Hall–Kier alpha value is -1.07. The van der Waals surface area contributed by atoms with Gasteiger partial charge in [-0.15, -0.1) is 4.40 Å². The third-order valence-electron chi connectivity index (χ3n) is 3.69. The summed E-state index contributed by atoms with van der Waals surface area (Å²) in [5.74, 6) is 0.796. The molecule has 0 amide bonds. The molecule has 1 aromatic carbocycles. The number of hydrogen-bond donors (Lipinski definition) is 1. The van der Waals surface area contributed by atoms with Gasteiger partial charge in [0.25, 0.3) is 10.0 Å². The number of hydrogen-bond acceptors (Lipinski definition) is 3. The number of anilines is 1. The monoisotopic (exact) mass is 298 g/mol. The summed E-state index contributed by atoms with van der Waals surface area (Å²) in [5, 5.41) is 3.67. The van der Waals surface area contributed by atoms with E-state index in [1.54, 1.807) is 12.1 Å². The normalized spacial score (nSPS) is 22.3. The molecule has 1 aliphatic heterocycles. The van der Waals surface area contributed by atoms with Crippen LogP contribution in [-0.2, 0) is 10.0 Å². The van der Waals surface area contributed by atoms with Gasteiger partial charge >= 0.3 is 0 Å². The van der Waals surface area contributed by atoms with Gasteiger partial charge in [0.2, 0.25) is 0 Å². The Morgan fingerprint density at radius 3 is 2.68 bits per heavy atom. The molecular weight excluding hydrogens is 284 g/mol. The first-order chi connectivity index (χ1) is 9.06. The van der Waals surface area contributed by atoms with Crippen LogP contribution in [0.4, 0.5) is 5.69 Å². The van der Waals surface area contributed by atoms with Crippen molar-refractivity contribution in [2.45, 2.75) is 37.0 Å². The van der Waals surface area contributed by atoms with Gasteiger partial charge in [0, 0.05) is 10.9 Å². The highest BCUT2D eigenvalue weighted by atomic mass is 35.5. The predicted molar refractivity (Wildman–Crippen MR) is 76.3 cm³/mol. The van der Waals surface area contributed by atoms with Crippen LogP contribution in [0.2, 0.25) is 5.02 Å². The molecule has 1 aliphatic carbocycles. The molecule has 0 unspecified atom stereocenters. The number of benzene rings is 1. The molecule has 1 fully saturated rings. The number of rotatable bonds is 1. The van der Waals surface area contributed by atoms with Crippen molar-refractivity contribution in [3.63, 3.8) is 0 Å². The highest BCUT2D eigenvalue weighted by Gasteiger charge is 2.29. The van der Waals surface area contributed by atoms with Gasteiger partial charge in [0.05, 0.1) is 5.69 Å². The van der Waals surface area contributed by atoms with Crippen molar-refractivity contribution in [3.8, 4) is 0 Å². The number of fused-ring (bicyclic) bond motifs is 1. The molecule has 0 spiro atoms. The SMILES string of the molecule is O=S1(=O)N=C(C2CCCCC2)Nc2cc(Cl)ccc21. The second-order valence-electron chi connectivity index (χ2n) is 5.05. The van der Waals surface area contributed by atoms with Gasteiger partial charge in [-0.2, -0.15) is 8.42 Å². The zero-order valence-corrected chi connectivity index (χ0v) is 12.0. The summed E-state index contributed by atoms with van der Waals surface area (Å²) in [7, 11) is -3.59. The lowest BCUT2D eigenvalue weighted by Crippen LogP contribution is -2.29. The van der Waals surface area contributed by atoms with Crippen LogP contribution in [-0.4, -0.2) is 14.3 Å². The van der Waals surface area contributed by atoms with Crippen LogP contribution in [0.1, 0.15) is 32.1 Å². The van der Waals surface area contributed by atoms with Gasteiger partial charge < -0.3 is 5.32 Å². The van der Waals surface area contributed by atoms with E-state index < -0.39 is 10.0 Å². The fourth-order valence-electron chi connectivity index (χ4n) is 2.72. The maximum Gasteiger partial charge on any atom is 0.286 e. The van der Waals surface area contributed by atoms with Crippen LogP contribution < -0.4 is 5.32 Å². The van der Waals surface area contributed by atoms with Gasteiger partial charge in [0.1, 0.15) is 10.7 Å². The van der Waals surface area contributed by atoms with Crippen LogP contribution in [0, 0.1) is 5.92 Å². The first kappa shape index (κ1) is 12.9. The van der Waals surface area contributed by atoms with E-state index in [1.807, 2.05) is 0 Å². The third kappa shape index (κ3) is 2.49. The van der Waals surface area contributed by atoms with Crippen molar-refractivity contribution in [2.75, 3.05) is 5.32 Å². The van der Waals surface area contributed by atoms with E-state index >= 15 is 0 Å².